The number of ether oxygens (including phenoxy) is 1. The number of rotatable bonds is 4. The molecule has 0 amide bonds. The van der Waals surface area contributed by atoms with Gasteiger partial charge in [-0.15, -0.1) is 0 Å². The van der Waals surface area contributed by atoms with E-state index in [1.807, 2.05) is 12.1 Å². The van der Waals surface area contributed by atoms with Gasteiger partial charge in [-0.25, -0.2) is 0 Å². The third-order valence-electron chi connectivity index (χ3n) is 4.81. The third-order valence-corrected chi connectivity index (χ3v) is 6.02. The van der Waals surface area contributed by atoms with Crippen LogP contribution in [0.2, 0.25) is 0 Å². The maximum absolute atomic E-state index is 10.5. The van der Waals surface area contributed by atoms with Crippen LogP contribution in [0.3, 0.4) is 0 Å². The van der Waals surface area contributed by atoms with Crippen LogP contribution in [0.1, 0.15) is 63.8 Å². The molecule has 0 aromatic heterocycles. The van der Waals surface area contributed by atoms with Crippen molar-refractivity contribution in [3.63, 3.8) is 0 Å². The van der Waals surface area contributed by atoms with Crippen LogP contribution in [-0.2, 0) is 10.8 Å². The molecule has 140 valence electrons. The largest absolute Gasteiger partial charge is 0.508 e. The first-order valence-corrected chi connectivity index (χ1v) is 10.4. The number of hydrogen-bond acceptors (Lipinski definition) is 2. The number of aromatic hydroxyl groups is 1. The zero-order valence-electron chi connectivity index (χ0n) is 17.4. The van der Waals surface area contributed by atoms with E-state index >= 15 is 0 Å². The maximum Gasteiger partial charge on any atom is 0.131 e. The highest BCUT2D eigenvalue weighted by atomic mass is 28.2. The van der Waals surface area contributed by atoms with Gasteiger partial charge in [0.05, 0.1) is 6.23 Å². The van der Waals surface area contributed by atoms with Gasteiger partial charge in [-0.3, -0.25) is 0 Å². The van der Waals surface area contributed by atoms with Crippen molar-refractivity contribution >= 4 is 14.7 Å². The van der Waals surface area contributed by atoms with Crippen molar-refractivity contribution in [1.29, 1.82) is 0 Å². The molecule has 1 N–H and O–H groups in total. The lowest BCUT2D eigenvalue weighted by molar-refractivity contribution is 0.365. The van der Waals surface area contributed by atoms with Crippen molar-refractivity contribution in [2.24, 2.45) is 0 Å². The van der Waals surface area contributed by atoms with Crippen LogP contribution >= 0.6 is 0 Å². The van der Waals surface area contributed by atoms with E-state index in [-0.39, 0.29) is 10.8 Å². The number of aryl methyl sites for hydroxylation is 1. The van der Waals surface area contributed by atoms with E-state index in [2.05, 4.69) is 73.6 Å². The fourth-order valence-corrected chi connectivity index (χ4v) is 4.07. The maximum atomic E-state index is 10.5. The summed E-state index contributed by atoms with van der Waals surface area (Å²) in [6.07, 6.45) is 0.654. The third kappa shape index (κ3) is 4.70. The van der Waals surface area contributed by atoms with E-state index in [0.717, 1.165) is 16.9 Å². The second kappa shape index (κ2) is 7.48. The Hall–Kier alpha value is -1.74. The topological polar surface area (TPSA) is 29.5 Å². The van der Waals surface area contributed by atoms with Crippen LogP contribution in [0.15, 0.2) is 30.3 Å². The molecule has 2 nitrogen and oxygen atoms in total. The van der Waals surface area contributed by atoms with Gasteiger partial charge in [0.25, 0.3) is 0 Å². The van der Waals surface area contributed by atoms with Crippen molar-refractivity contribution in [2.45, 2.75) is 66.2 Å². The van der Waals surface area contributed by atoms with Crippen LogP contribution in [0.4, 0.5) is 0 Å². The predicted octanol–water partition coefficient (Wildman–Crippen LogP) is 4.97. The summed E-state index contributed by atoms with van der Waals surface area (Å²) in [5.41, 5.74) is 4.43. The minimum absolute atomic E-state index is 0.0917. The minimum atomic E-state index is -0.131. The fourth-order valence-electron chi connectivity index (χ4n) is 3.01. The number of hydrogen-bond donors (Lipinski definition) is 1. The second-order valence-electron chi connectivity index (χ2n) is 9.08. The first-order chi connectivity index (χ1) is 11.9. The molecule has 3 heteroatoms. The Morgan fingerprint density at radius 3 is 2.12 bits per heavy atom. The predicted molar refractivity (Wildman–Crippen MR) is 112 cm³/mol. The standard InChI is InChI=1S/C23H32O2Si/c1-15-10-9-11-21(16(15)2)26-14-25-20-13-17(22(3,4)5)19(24)12-18(20)23(6,7)8/h9-13,24H,14H2,1-8H3. The van der Waals surface area contributed by atoms with Gasteiger partial charge in [-0.05, 0) is 47.9 Å². The molecule has 2 aromatic carbocycles. The quantitative estimate of drug-likeness (QED) is 0.772. The summed E-state index contributed by atoms with van der Waals surface area (Å²) in [5.74, 6) is 1.24. The van der Waals surface area contributed by atoms with Crippen LogP contribution in [0, 0.1) is 13.8 Å². The molecule has 0 aliphatic carbocycles. The van der Waals surface area contributed by atoms with Crippen molar-refractivity contribution < 1.29 is 9.84 Å². The Bertz CT molecular complexity index is 780. The highest BCUT2D eigenvalue weighted by molar-refractivity contribution is 6.54. The van der Waals surface area contributed by atoms with Gasteiger partial charge in [-0.1, -0.05) is 64.9 Å². The van der Waals surface area contributed by atoms with E-state index < -0.39 is 0 Å². The molecular weight excluding hydrogens is 336 g/mol. The Morgan fingerprint density at radius 1 is 0.923 bits per heavy atom. The lowest BCUT2D eigenvalue weighted by Gasteiger charge is -2.27. The van der Waals surface area contributed by atoms with E-state index in [1.54, 1.807) is 0 Å². The molecule has 0 saturated heterocycles. The zero-order chi connectivity index (χ0) is 19.7. The summed E-state index contributed by atoms with van der Waals surface area (Å²) in [6, 6.07) is 10.4. The smallest absolute Gasteiger partial charge is 0.131 e. The van der Waals surface area contributed by atoms with Crippen molar-refractivity contribution in [1.82, 2.24) is 0 Å². The molecule has 0 spiro atoms. The molecule has 26 heavy (non-hydrogen) atoms. The Balaban J connectivity index is 2.30. The van der Waals surface area contributed by atoms with Gasteiger partial charge in [0, 0.05) is 11.1 Å². The number of phenols is 1. The Kier molecular flexibility index (Phi) is 5.91. The van der Waals surface area contributed by atoms with Gasteiger partial charge in [-0.2, -0.15) is 0 Å². The average molecular weight is 369 g/mol. The molecule has 0 unspecified atom stereocenters. The minimum Gasteiger partial charge on any atom is -0.508 e. The molecule has 0 bridgehead atoms. The molecular formula is C23H32O2Si. The highest BCUT2D eigenvalue weighted by Crippen LogP contribution is 2.40. The molecule has 0 heterocycles. The summed E-state index contributed by atoms with van der Waals surface area (Å²) in [6.45, 7) is 17.1. The molecule has 2 radical (unpaired) electrons. The van der Waals surface area contributed by atoms with E-state index in [1.165, 1.54) is 16.3 Å². The van der Waals surface area contributed by atoms with Gasteiger partial charge in [0.2, 0.25) is 0 Å². The summed E-state index contributed by atoms with van der Waals surface area (Å²) < 4.78 is 6.25. The first-order valence-electron chi connectivity index (χ1n) is 9.22. The lowest BCUT2D eigenvalue weighted by atomic mass is 9.81. The highest BCUT2D eigenvalue weighted by Gasteiger charge is 2.26. The molecule has 0 saturated carbocycles. The van der Waals surface area contributed by atoms with Crippen LogP contribution in [-0.4, -0.2) is 20.9 Å². The van der Waals surface area contributed by atoms with Crippen molar-refractivity contribution in [3.05, 3.63) is 52.6 Å². The van der Waals surface area contributed by atoms with Crippen LogP contribution in [0.25, 0.3) is 0 Å². The first kappa shape index (κ1) is 20.6. The lowest BCUT2D eigenvalue weighted by Crippen LogP contribution is -2.25. The number of phenolic OH excluding ortho intramolecular Hbond substituents is 1. The average Bonchev–Trinajstić information content (AvgIpc) is 2.50. The zero-order valence-corrected chi connectivity index (χ0v) is 18.4. The van der Waals surface area contributed by atoms with Gasteiger partial charge < -0.3 is 9.84 Å². The normalized spacial score (nSPS) is 12.3. The second-order valence-corrected chi connectivity index (χ2v) is 10.3. The van der Waals surface area contributed by atoms with Gasteiger partial charge >= 0.3 is 0 Å². The summed E-state index contributed by atoms with van der Waals surface area (Å²) in [5, 5.41) is 11.9. The van der Waals surface area contributed by atoms with E-state index in [4.69, 9.17) is 4.74 Å². The van der Waals surface area contributed by atoms with E-state index in [0.29, 0.717) is 21.5 Å². The molecule has 2 rings (SSSR count). The molecule has 0 aliphatic rings. The molecule has 0 aliphatic heterocycles. The fraction of sp³-hybridized carbons (Fsp3) is 0.478. The van der Waals surface area contributed by atoms with Gasteiger partial charge in [0.15, 0.2) is 0 Å². The monoisotopic (exact) mass is 368 g/mol. The Labute approximate surface area is 161 Å². The van der Waals surface area contributed by atoms with Crippen molar-refractivity contribution in [3.8, 4) is 11.5 Å². The summed E-state index contributed by atoms with van der Waals surface area (Å²) >= 11 is 0. The van der Waals surface area contributed by atoms with Crippen molar-refractivity contribution in [2.75, 3.05) is 6.23 Å². The molecule has 0 fully saturated rings. The van der Waals surface area contributed by atoms with Crippen LogP contribution in [0.5, 0.6) is 11.5 Å². The molecule has 0 atom stereocenters. The van der Waals surface area contributed by atoms with Gasteiger partial charge in [0.1, 0.15) is 21.0 Å². The van der Waals surface area contributed by atoms with E-state index in [9.17, 15) is 5.11 Å². The summed E-state index contributed by atoms with van der Waals surface area (Å²) in [4.78, 5) is 0. The molecule has 2 aromatic rings. The number of benzene rings is 2. The Morgan fingerprint density at radius 2 is 1.54 bits per heavy atom. The van der Waals surface area contributed by atoms with Crippen LogP contribution < -0.4 is 9.92 Å². The SMILES string of the molecule is Cc1cccc([Si]COc2cc(C(C)(C)C)c(O)cc2C(C)(C)C)c1C. The summed E-state index contributed by atoms with van der Waals surface area (Å²) in [7, 11) is 0.601.